The molecule has 0 atom stereocenters. The second-order valence-corrected chi connectivity index (χ2v) is 7.26. The van der Waals surface area contributed by atoms with E-state index in [1.807, 2.05) is 36.5 Å². The number of hydrogen-bond donors (Lipinski definition) is 1. The topological polar surface area (TPSA) is 69.7 Å². The summed E-state index contributed by atoms with van der Waals surface area (Å²) in [7, 11) is 3.92. The number of carbonyl (C=O) groups is 3. The summed E-state index contributed by atoms with van der Waals surface area (Å²) in [5, 5.41) is 4.23. The van der Waals surface area contributed by atoms with Crippen LogP contribution in [0.2, 0.25) is 0 Å². The summed E-state index contributed by atoms with van der Waals surface area (Å²) in [6.45, 7) is 1.16. The van der Waals surface area contributed by atoms with Crippen LogP contribution in [-0.2, 0) is 9.59 Å². The number of thioether (sulfide) groups is 1. The molecule has 0 unspecified atom stereocenters. The average Bonchev–Trinajstić information content (AvgIpc) is 3.08. The van der Waals surface area contributed by atoms with Crippen molar-refractivity contribution < 1.29 is 14.4 Å². The number of nitrogens with one attached hydrogen (secondary N) is 1. The average molecular weight is 353 g/mol. The molecule has 1 aliphatic rings. The standard InChI is InChI=1S/C15H19N3O3S2/c1-17(2)7-4-6-16-13(19)10-18-14(20)12(23-15(18)21)9-11-5-3-8-22-11/h3,5,8-9H,4,6-7,10H2,1-2H3,(H,16,19)/b12-9-. The Labute approximate surface area is 143 Å². The zero-order chi connectivity index (χ0) is 16.8. The lowest BCUT2D eigenvalue weighted by molar-refractivity contribution is -0.129. The van der Waals surface area contributed by atoms with Crippen molar-refractivity contribution in [2.75, 3.05) is 33.7 Å². The number of thiophene rings is 1. The minimum atomic E-state index is -0.406. The summed E-state index contributed by atoms with van der Waals surface area (Å²) in [5.41, 5.74) is 0. The van der Waals surface area contributed by atoms with Gasteiger partial charge in [0.05, 0.1) is 4.91 Å². The third-order valence-corrected chi connectivity index (χ3v) is 4.82. The summed E-state index contributed by atoms with van der Waals surface area (Å²) in [5.74, 6) is -0.722. The highest BCUT2D eigenvalue weighted by Crippen LogP contribution is 2.32. The van der Waals surface area contributed by atoms with E-state index in [0.29, 0.717) is 11.4 Å². The van der Waals surface area contributed by atoms with Crippen molar-refractivity contribution in [3.05, 3.63) is 27.3 Å². The van der Waals surface area contributed by atoms with Crippen LogP contribution in [-0.4, -0.2) is 60.6 Å². The molecule has 0 saturated carbocycles. The van der Waals surface area contributed by atoms with E-state index in [-0.39, 0.29) is 12.5 Å². The van der Waals surface area contributed by atoms with E-state index in [0.717, 1.165) is 34.5 Å². The van der Waals surface area contributed by atoms with Gasteiger partial charge in [0, 0.05) is 11.4 Å². The highest BCUT2D eigenvalue weighted by Gasteiger charge is 2.36. The molecule has 1 aromatic rings. The van der Waals surface area contributed by atoms with Crippen LogP contribution >= 0.6 is 23.1 Å². The monoisotopic (exact) mass is 353 g/mol. The molecule has 1 aromatic heterocycles. The molecular formula is C15H19N3O3S2. The third-order valence-electron chi connectivity index (χ3n) is 3.10. The number of amides is 3. The van der Waals surface area contributed by atoms with E-state index in [1.165, 1.54) is 11.3 Å². The Morgan fingerprint density at radius 1 is 1.39 bits per heavy atom. The lowest BCUT2D eigenvalue weighted by Gasteiger charge is -2.13. The molecule has 23 heavy (non-hydrogen) atoms. The molecule has 124 valence electrons. The SMILES string of the molecule is CN(C)CCCNC(=O)CN1C(=O)S/C(=C\c2cccs2)C1=O. The maximum atomic E-state index is 12.2. The van der Waals surface area contributed by atoms with Crippen molar-refractivity contribution >= 4 is 46.2 Å². The Morgan fingerprint density at radius 3 is 2.83 bits per heavy atom. The fraction of sp³-hybridized carbons (Fsp3) is 0.400. The first-order valence-electron chi connectivity index (χ1n) is 7.17. The molecule has 1 aliphatic heterocycles. The number of carbonyl (C=O) groups excluding carboxylic acids is 3. The van der Waals surface area contributed by atoms with Crippen LogP contribution in [0.4, 0.5) is 4.79 Å². The zero-order valence-corrected chi connectivity index (χ0v) is 14.7. The Hall–Kier alpha value is -1.64. The number of rotatable bonds is 7. The molecule has 0 aromatic carbocycles. The highest BCUT2D eigenvalue weighted by molar-refractivity contribution is 8.18. The molecule has 3 amide bonds. The van der Waals surface area contributed by atoms with Crippen LogP contribution in [0, 0.1) is 0 Å². The first-order valence-corrected chi connectivity index (χ1v) is 8.87. The first kappa shape index (κ1) is 17.7. The van der Waals surface area contributed by atoms with E-state index in [9.17, 15) is 14.4 Å². The predicted octanol–water partition coefficient (Wildman–Crippen LogP) is 1.85. The maximum absolute atomic E-state index is 12.2. The zero-order valence-electron chi connectivity index (χ0n) is 13.1. The fourth-order valence-corrected chi connectivity index (χ4v) is 3.52. The van der Waals surface area contributed by atoms with Crippen LogP contribution in [0.1, 0.15) is 11.3 Å². The molecule has 0 aliphatic carbocycles. The van der Waals surface area contributed by atoms with Crippen molar-refractivity contribution in [1.82, 2.24) is 15.1 Å². The minimum absolute atomic E-state index is 0.228. The Morgan fingerprint density at radius 2 is 2.17 bits per heavy atom. The van der Waals surface area contributed by atoms with E-state index < -0.39 is 11.1 Å². The summed E-state index contributed by atoms with van der Waals surface area (Å²) in [4.78, 5) is 40.3. The lowest BCUT2D eigenvalue weighted by atomic mass is 10.3. The lowest BCUT2D eigenvalue weighted by Crippen LogP contribution is -2.40. The molecule has 0 spiro atoms. The van der Waals surface area contributed by atoms with Gasteiger partial charge in [-0.3, -0.25) is 19.3 Å². The molecule has 1 saturated heterocycles. The van der Waals surface area contributed by atoms with Gasteiger partial charge < -0.3 is 10.2 Å². The quantitative estimate of drug-likeness (QED) is 0.598. The predicted molar refractivity (Wildman–Crippen MR) is 93.2 cm³/mol. The molecule has 0 bridgehead atoms. The fourth-order valence-electron chi connectivity index (χ4n) is 1.96. The summed E-state index contributed by atoms with van der Waals surface area (Å²) in [6.07, 6.45) is 2.50. The van der Waals surface area contributed by atoms with Gasteiger partial charge >= 0.3 is 0 Å². The van der Waals surface area contributed by atoms with Gasteiger partial charge in [-0.25, -0.2) is 0 Å². The largest absolute Gasteiger partial charge is 0.354 e. The van der Waals surface area contributed by atoms with Gasteiger partial charge in [-0.15, -0.1) is 11.3 Å². The van der Waals surface area contributed by atoms with Gasteiger partial charge in [-0.05, 0) is 56.3 Å². The minimum Gasteiger partial charge on any atom is -0.354 e. The van der Waals surface area contributed by atoms with Crippen molar-refractivity contribution in [3.8, 4) is 0 Å². The Balaban J connectivity index is 1.87. The van der Waals surface area contributed by atoms with E-state index in [1.54, 1.807) is 6.08 Å². The summed E-state index contributed by atoms with van der Waals surface area (Å²) < 4.78 is 0. The highest BCUT2D eigenvalue weighted by atomic mass is 32.2. The van der Waals surface area contributed by atoms with Crippen LogP contribution in [0.15, 0.2) is 22.4 Å². The van der Waals surface area contributed by atoms with Gasteiger partial charge in [0.2, 0.25) is 5.91 Å². The van der Waals surface area contributed by atoms with E-state index in [4.69, 9.17) is 0 Å². The molecular weight excluding hydrogens is 334 g/mol. The summed E-state index contributed by atoms with van der Waals surface area (Å²) >= 11 is 2.36. The van der Waals surface area contributed by atoms with Gasteiger partial charge in [-0.2, -0.15) is 0 Å². The van der Waals surface area contributed by atoms with E-state index >= 15 is 0 Å². The first-order chi connectivity index (χ1) is 11.0. The van der Waals surface area contributed by atoms with Gasteiger partial charge in [0.25, 0.3) is 11.1 Å². The van der Waals surface area contributed by atoms with Gasteiger partial charge in [0.15, 0.2) is 0 Å². The molecule has 2 rings (SSSR count). The third kappa shape index (κ3) is 5.19. The summed E-state index contributed by atoms with van der Waals surface area (Å²) in [6, 6.07) is 3.75. The van der Waals surface area contributed by atoms with Crippen LogP contribution in [0.5, 0.6) is 0 Å². The van der Waals surface area contributed by atoms with Crippen molar-refractivity contribution in [1.29, 1.82) is 0 Å². The second-order valence-electron chi connectivity index (χ2n) is 5.29. The molecule has 2 heterocycles. The second kappa shape index (κ2) is 8.28. The molecule has 8 heteroatoms. The van der Waals surface area contributed by atoms with E-state index in [2.05, 4.69) is 5.32 Å². The Bertz CT molecular complexity index is 611. The molecule has 1 fully saturated rings. The van der Waals surface area contributed by atoms with Crippen molar-refractivity contribution in [3.63, 3.8) is 0 Å². The maximum Gasteiger partial charge on any atom is 0.294 e. The molecule has 6 nitrogen and oxygen atoms in total. The van der Waals surface area contributed by atoms with Gasteiger partial charge in [0.1, 0.15) is 6.54 Å². The number of imide groups is 1. The Kier molecular flexibility index (Phi) is 6.37. The van der Waals surface area contributed by atoms with Crippen LogP contribution in [0.25, 0.3) is 6.08 Å². The molecule has 0 radical (unpaired) electrons. The molecule has 1 N–H and O–H groups in total. The van der Waals surface area contributed by atoms with Crippen molar-refractivity contribution in [2.45, 2.75) is 6.42 Å². The number of hydrogen-bond acceptors (Lipinski definition) is 6. The van der Waals surface area contributed by atoms with Crippen LogP contribution in [0.3, 0.4) is 0 Å². The smallest absolute Gasteiger partial charge is 0.294 e. The van der Waals surface area contributed by atoms with Gasteiger partial charge in [-0.1, -0.05) is 6.07 Å². The number of nitrogens with zero attached hydrogens (tertiary/aromatic N) is 2. The van der Waals surface area contributed by atoms with Crippen LogP contribution < -0.4 is 5.32 Å². The van der Waals surface area contributed by atoms with Crippen molar-refractivity contribution in [2.24, 2.45) is 0 Å². The normalized spacial score (nSPS) is 16.7.